The van der Waals surface area contributed by atoms with Crippen LogP contribution in [-0.4, -0.2) is 10.3 Å². The number of hydrogen-bond donors (Lipinski definition) is 0. The van der Waals surface area contributed by atoms with Crippen LogP contribution in [0.3, 0.4) is 0 Å². The second-order valence-electron chi connectivity index (χ2n) is 16.2. The normalized spacial score (nSPS) is 13.4. The number of nitrogens with zero attached hydrogens (tertiary/aromatic N) is 2. The first-order chi connectivity index (χ1) is 30.2. The predicted molar refractivity (Wildman–Crippen MR) is 261 cm³/mol. The molecule has 0 aliphatic carbocycles. The van der Waals surface area contributed by atoms with Gasteiger partial charge < -0.3 is 4.57 Å². The van der Waals surface area contributed by atoms with Gasteiger partial charge in [0, 0.05) is 27.7 Å². The van der Waals surface area contributed by atoms with Gasteiger partial charge in [0.25, 0.3) is 0 Å². The second-order valence-corrected chi connectivity index (χ2v) is 16.2. The standard InChI is InChI=1S/C59H40N2/c1-3-15-39(16-4-1)43-21-13-27-55(60-56(38-43)41-18-5-2-6-19-41)45-30-33-50-48-22-9-10-23-49(48)52-26-14-25-47(59(52)54(50)37-45)44-31-34-58-53(36-44)51-24-11-12-28-57(51)61(58)46-32-29-40-17-7-8-20-42(40)35-46/h1-12,14-26,28-38H,13,27H2. The Kier molecular flexibility index (Phi) is 8.35. The predicted octanol–water partition coefficient (Wildman–Crippen LogP) is 15.8. The minimum Gasteiger partial charge on any atom is -0.309 e. The van der Waals surface area contributed by atoms with Gasteiger partial charge in [0.05, 0.1) is 16.7 Å². The summed E-state index contributed by atoms with van der Waals surface area (Å²) >= 11 is 0. The molecule has 2 nitrogen and oxygen atoms in total. The summed E-state index contributed by atoms with van der Waals surface area (Å²) in [7, 11) is 0. The highest BCUT2D eigenvalue weighted by atomic mass is 15.0. The summed E-state index contributed by atoms with van der Waals surface area (Å²) in [6.07, 6.45) is 6.37. The summed E-state index contributed by atoms with van der Waals surface area (Å²) < 4.78 is 2.42. The van der Waals surface area contributed by atoms with Crippen molar-refractivity contribution < 1.29 is 0 Å². The number of aromatic nitrogens is 1. The van der Waals surface area contributed by atoms with E-state index in [-0.39, 0.29) is 0 Å². The Balaban J connectivity index is 1.07. The van der Waals surface area contributed by atoms with Gasteiger partial charge in [0.2, 0.25) is 0 Å². The fourth-order valence-electron chi connectivity index (χ4n) is 9.76. The zero-order valence-corrected chi connectivity index (χ0v) is 33.6. The van der Waals surface area contributed by atoms with E-state index in [4.69, 9.17) is 4.99 Å². The van der Waals surface area contributed by atoms with Gasteiger partial charge in [-0.15, -0.1) is 0 Å². The van der Waals surface area contributed by atoms with Gasteiger partial charge in [-0.3, -0.25) is 4.99 Å². The summed E-state index contributed by atoms with van der Waals surface area (Å²) in [6.45, 7) is 0. The topological polar surface area (TPSA) is 17.3 Å². The van der Waals surface area contributed by atoms with E-state index in [0.29, 0.717) is 0 Å². The summed E-state index contributed by atoms with van der Waals surface area (Å²) in [5.41, 5.74) is 12.8. The highest BCUT2D eigenvalue weighted by molar-refractivity contribution is 6.29. The third-order valence-corrected chi connectivity index (χ3v) is 12.6. The molecule has 1 aliphatic heterocycles. The Labute approximate surface area is 354 Å². The van der Waals surface area contributed by atoms with Gasteiger partial charge >= 0.3 is 0 Å². The monoisotopic (exact) mass is 776 g/mol. The van der Waals surface area contributed by atoms with Crippen LogP contribution in [0.4, 0.5) is 0 Å². The smallest absolute Gasteiger partial charge is 0.0711 e. The van der Waals surface area contributed by atoms with Crippen molar-refractivity contribution in [2.45, 2.75) is 12.8 Å². The van der Waals surface area contributed by atoms with E-state index < -0.39 is 0 Å². The second kappa shape index (κ2) is 14.5. The summed E-state index contributed by atoms with van der Waals surface area (Å²) in [4.78, 5) is 5.52. The highest BCUT2D eigenvalue weighted by Crippen LogP contribution is 2.43. The molecule has 0 fully saturated rings. The number of fused-ring (bicyclic) bond motifs is 10. The van der Waals surface area contributed by atoms with E-state index in [9.17, 15) is 0 Å². The van der Waals surface area contributed by atoms with Gasteiger partial charge in [-0.05, 0) is 126 Å². The Morgan fingerprint density at radius 1 is 0.393 bits per heavy atom. The SMILES string of the molecule is C1=C(c2ccccc2)C=C(c2ccccc2)N=C(c2ccc3c4ccccc4c4cccc(-c5ccc6c(c5)c5ccccc5n6-c5ccc6ccccc6c5)c4c3c2)CC1. The van der Waals surface area contributed by atoms with Crippen LogP contribution in [0.1, 0.15) is 29.5 Å². The van der Waals surface area contributed by atoms with Crippen molar-refractivity contribution in [1.82, 2.24) is 4.57 Å². The summed E-state index contributed by atoms with van der Waals surface area (Å²) in [6, 6.07) is 75.4. The summed E-state index contributed by atoms with van der Waals surface area (Å²) in [5.74, 6) is 0. The third-order valence-electron chi connectivity index (χ3n) is 12.6. The average molecular weight is 777 g/mol. The van der Waals surface area contributed by atoms with Crippen LogP contribution in [0.2, 0.25) is 0 Å². The van der Waals surface area contributed by atoms with Gasteiger partial charge in [0.15, 0.2) is 0 Å². The molecule has 0 amide bonds. The quantitative estimate of drug-likeness (QED) is 0.155. The number of rotatable bonds is 5. The molecular weight excluding hydrogens is 737 g/mol. The van der Waals surface area contributed by atoms with Crippen molar-refractivity contribution in [2.24, 2.45) is 4.99 Å². The first-order valence-electron chi connectivity index (χ1n) is 21.3. The molecule has 2 heteroatoms. The fraction of sp³-hybridized carbons (Fsp3) is 0.0339. The largest absolute Gasteiger partial charge is 0.309 e. The van der Waals surface area contributed by atoms with Crippen molar-refractivity contribution in [3.63, 3.8) is 0 Å². The van der Waals surface area contributed by atoms with Gasteiger partial charge in [-0.25, -0.2) is 0 Å². The molecule has 0 saturated heterocycles. The maximum Gasteiger partial charge on any atom is 0.0711 e. The molecule has 0 N–H and O–H groups in total. The van der Waals surface area contributed by atoms with E-state index >= 15 is 0 Å². The molecule has 0 bridgehead atoms. The third kappa shape index (κ3) is 5.99. The lowest BCUT2D eigenvalue weighted by Crippen LogP contribution is -2.04. The zero-order valence-electron chi connectivity index (χ0n) is 33.6. The molecule has 10 aromatic carbocycles. The zero-order chi connectivity index (χ0) is 40.3. The first-order valence-corrected chi connectivity index (χ1v) is 21.3. The van der Waals surface area contributed by atoms with Crippen LogP contribution < -0.4 is 0 Å². The Morgan fingerprint density at radius 3 is 1.87 bits per heavy atom. The Hall–Kier alpha value is -7.81. The molecule has 2 heterocycles. The van der Waals surface area contributed by atoms with Crippen molar-refractivity contribution in [1.29, 1.82) is 0 Å². The number of benzene rings is 10. The van der Waals surface area contributed by atoms with E-state index in [1.807, 2.05) is 0 Å². The summed E-state index contributed by atoms with van der Waals surface area (Å²) in [5, 5.41) is 12.5. The molecule has 1 aromatic heterocycles. The molecule has 0 saturated carbocycles. The van der Waals surface area contributed by atoms with E-state index in [2.05, 4.69) is 223 Å². The lowest BCUT2D eigenvalue weighted by Gasteiger charge is -2.17. The molecule has 0 spiro atoms. The number of allylic oxidation sites excluding steroid dienone is 3. The Bertz CT molecular complexity index is 3620. The average Bonchev–Trinajstić information content (AvgIpc) is 3.65. The first kappa shape index (κ1) is 35.2. The maximum absolute atomic E-state index is 5.52. The number of hydrogen-bond acceptors (Lipinski definition) is 1. The van der Waals surface area contributed by atoms with Crippen LogP contribution in [0.5, 0.6) is 0 Å². The molecule has 12 rings (SSSR count). The van der Waals surface area contributed by atoms with Gasteiger partial charge in [0.1, 0.15) is 0 Å². The van der Waals surface area contributed by atoms with Crippen molar-refractivity contribution in [3.8, 4) is 16.8 Å². The molecule has 0 unspecified atom stereocenters. The number of para-hydroxylation sites is 1. The van der Waals surface area contributed by atoms with Crippen LogP contribution in [0.25, 0.3) is 93.0 Å². The van der Waals surface area contributed by atoms with Crippen molar-refractivity contribution in [3.05, 3.63) is 235 Å². The fourth-order valence-corrected chi connectivity index (χ4v) is 9.76. The van der Waals surface area contributed by atoms with Crippen molar-refractivity contribution >= 4 is 81.9 Å². The van der Waals surface area contributed by atoms with Gasteiger partial charge in [-0.1, -0.05) is 176 Å². The van der Waals surface area contributed by atoms with Crippen LogP contribution >= 0.6 is 0 Å². The van der Waals surface area contributed by atoms with E-state index in [1.165, 1.54) is 92.8 Å². The molecule has 11 aromatic rings. The van der Waals surface area contributed by atoms with E-state index in [0.717, 1.165) is 35.4 Å². The molecule has 0 atom stereocenters. The maximum atomic E-state index is 5.52. The number of aliphatic imine (C=N–C) groups is 1. The molecule has 1 aliphatic rings. The van der Waals surface area contributed by atoms with Gasteiger partial charge in [-0.2, -0.15) is 0 Å². The van der Waals surface area contributed by atoms with Crippen molar-refractivity contribution in [2.75, 3.05) is 0 Å². The highest BCUT2D eigenvalue weighted by Gasteiger charge is 2.19. The van der Waals surface area contributed by atoms with Crippen LogP contribution in [0.15, 0.2) is 223 Å². The Morgan fingerprint density at radius 2 is 1.03 bits per heavy atom. The minimum absolute atomic E-state index is 0.836. The van der Waals surface area contributed by atoms with E-state index in [1.54, 1.807) is 0 Å². The molecular formula is C59H40N2. The lowest BCUT2D eigenvalue weighted by molar-refractivity contribution is 1.09. The minimum atomic E-state index is 0.836. The van der Waals surface area contributed by atoms with Crippen LogP contribution in [-0.2, 0) is 0 Å². The molecule has 286 valence electrons. The van der Waals surface area contributed by atoms with Crippen LogP contribution in [0, 0.1) is 0 Å². The lowest BCUT2D eigenvalue weighted by atomic mass is 9.87. The molecule has 0 radical (unpaired) electrons. The molecule has 61 heavy (non-hydrogen) atoms.